The van der Waals surface area contributed by atoms with Crippen molar-refractivity contribution >= 4 is 28.6 Å². The van der Waals surface area contributed by atoms with Gasteiger partial charge in [-0.1, -0.05) is 11.8 Å². The smallest absolute Gasteiger partial charge is 0.189 e. The topological polar surface area (TPSA) is 80.2 Å². The van der Waals surface area contributed by atoms with Crippen molar-refractivity contribution < 1.29 is 18.6 Å². The molecule has 0 fully saturated rings. The zero-order valence-electron chi connectivity index (χ0n) is 13.2. The summed E-state index contributed by atoms with van der Waals surface area (Å²) >= 11 is 1.38. The molecule has 0 saturated carbocycles. The third kappa shape index (κ3) is 3.94. The van der Waals surface area contributed by atoms with Gasteiger partial charge in [-0.15, -0.1) is 0 Å². The summed E-state index contributed by atoms with van der Waals surface area (Å²) in [6.07, 6.45) is 3.44. The summed E-state index contributed by atoms with van der Waals surface area (Å²) in [5, 5.41) is 13.1. The first kappa shape index (κ1) is 17.3. The lowest BCUT2D eigenvalue weighted by molar-refractivity contribution is 0.310. The number of halogens is 2. The summed E-state index contributed by atoms with van der Waals surface area (Å²) < 4.78 is 32.5. The largest absolute Gasteiger partial charge is 0.450 e. The van der Waals surface area contributed by atoms with E-state index in [4.69, 9.17) is 9.84 Å². The standard InChI is InChI=1S/C16H14F2N4O2S/c1-25-16-20-8-9-6-13(15(19-4-5-23)21-14(9)22-16)24-12-3-2-10(17)7-11(12)18/h2-3,6-8,23H,4-5H2,1H3,(H,19,20,21,22). The average Bonchev–Trinajstić information content (AvgIpc) is 2.61. The molecule has 1 aromatic carbocycles. The molecule has 2 heterocycles. The minimum absolute atomic E-state index is 0.121. The molecule has 25 heavy (non-hydrogen) atoms. The number of pyridine rings is 1. The number of anilines is 1. The molecular weight excluding hydrogens is 350 g/mol. The number of nitrogens with zero attached hydrogens (tertiary/aromatic N) is 3. The van der Waals surface area contributed by atoms with Crippen molar-refractivity contribution in [3.63, 3.8) is 0 Å². The Hall–Kier alpha value is -2.52. The van der Waals surface area contributed by atoms with Gasteiger partial charge in [0.05, 0.1) is 6.61 Å². The van der Waals surface area contributed by atoms with E-state index in [1.54, 1.807) is 12.3 Å². The fraction of sp³-hybridized carbons (Fsp3) is 0.188. The van der Waals surface area contributed by atoms with E-state index in [1.807, 2.05) is 6.26 Å². The van der Waals surface area contributed by atoms with Gasteiger partial charge in [-0.2, -0.15) is 0 Å². The molecule has 3 aromatic rings. The van der Waals surface area contributed by atoms with Gasteiger partial charge >= 0.3 is 0 Å². The number of fused-ring (bicyclic) bond motifs is 1. The first-order valence-corrected chi connectivity index (χ1v) is 8.52. The molecule has 6 nitrogen and oxygen atoms in total. The molecule has 0 unspecified atom stereocenters. The normalized spacial score (nSPS) is 10.9. The van der Waals surface area contributed by atoms with Crippen LogP contribution in [-0.4, -0.2) is 39.5 Å². The number of aliphatic hydroxyl groups excluding tert-OH is 1. The Balaban J connectivity index is 2.04. The number of ether oxygens (including phenoxy) is 1. The molecule has 0 amide bonds. The van der Waals surface area contributed by atoms with Gasteiger partial charge in [-0.25, -0.2) is 23.7 Å². The van der Waals surface area contributed by atoms with Crippen molar-refractivity contribution in [1.29, 1.82) is 0 Å². The Kier molecular flexibility index (Phi) is 5.25. The number of nitrogens with one attached hydrogen (secondary N) is 1. The van der Waals surface area contributed by atoms with Crippen LogP contribution in [0.3, 0.4) is 0 Å². The minimum Gasteiger partial charge on any atom is -0.450 e. The van der Waals surface area contributed by atoms with Crippen molar-refractivity contribution in [2.24, 2.45) is 0 Å². The van der Waals surface area contributed by atoms with Gasteiger partial charge in [0.1, 0.15) is 5.82 Å². The van der Waals surface area contributed by atoms with Crippen LogP contribution in [-0.2, 0) is 0 Å². The second kappa shape index (κ2) is 7.58. The maximum atomic E-state index is 13.9. The molecule has 0 aliphatic rings. The minimum atomic E-state index is -0.831. The number of benzene rings is 1. The maximum Gasteiger partial charge on any atom is 0.189 e. The number of aromatic nitrogens is 3. The molecule has 3 rings (SSSR count). The van der Waals surface area contributed by atoms with E-state index in [0.717, 1.165) is 12.1 Å². The van der Waals surface area contributed by atoms with Crippen LogP contribution in [0.5, 0.6) is 11.5 Å². The Labute approximate surface area is 146 Å². The first-order chi connectivity index (χ1) is 12.1. The van der Waals surface area contributed by atoms with E-state index < -0.39 is 11.6 Å². The van der Waals surface area contributed by atoms with E-state index in [0.29, 0.717) is 16.2 Å². The molecule has 0 spiro atoms. The number of rotatable bonds is 6. The summed E-state index contributed by atoms with van der Waals surface area (Å²) in [5.74, 6) is -1.17. The predicted molar refractivity (Wildman–Crippen MR) is 91.1 cm³/mol. The number of thioether (sulfide) groups is 1. The van der Waals surface area contributed by atoms with Crippen LogP contribution < -0.4 is 10.1 Å². The third-order valence-electron chi connectivity index (χ3n) is 3.21. The average molecular weight is 364 g/mol. The Morgan fingerprint density at radius 3 is 2.76 bits per heavy atom. The lowest BCUT2D eigenvalue weighted by Gasteiger charge is -2.13. The first-order valence-electron chi connectivity index (χ1n) is 7.30. The van der Waals surface area contributed by atoms with E-state index in [1.165, 1.54) is 17.8 Å². The van der Waals surface area contributed by atoms with Crippen LogP contribution >= 0.6 is 11.8 Å². The van der Waals surface area contributed by atoms with Crippen molar-refractivity contribution in [2.75, 3.05) is 24.7 Å². The van der Waals surface area contributed by atoms with Crippen LogP contribution in [0.25, 0.3) is 11.0 Å². The molecule has 0 aliphatic carbocycles. The van der Waals surface area contributed by atoms with E-state index >= 15 is 0 Å². The molecule has 130 valence electrons. The van der Waals surface area contributed by atoms with Gasteiger partial charge in [0, 0.05) is 24.2 Å². The quantitative estimate of drug-likeness (QED) is 0.513. The lowest BCUT2D eigenvalue weighted by Crippen LogP contribution is -2.09. The fourth-order valence-electron chi connectivity index (χ4n) is 2.08. The highest BCUT2D eigenvalue weighted by Gasteiger charge is 2.13. The van der Waals surface area contributed by atoms with Gasteiger partial charge in [0.15, 0.2) is 33.9 Å². The Morgan fingerprint density at radius 2 is 2.04 bits per heavy atom. The molecule has 0 bridgehead atoms. The number of hydrogen-bond donors (Lipinski definition) is 2. The predicted octanol–water partition coefficient (Wildman–Crippen LogP) is 3.22. The highest BCUT2D eigenvalue weighted by Crippen LogP contribution is 2.32. The van der Waals surface area contributed by atoms with Gasteiger partial charge < -0.3 is 15.2 Å². The molecule has 0 atom stereocenters. The highest BCUT2D eigenvalue weighted by atomic mass is 32.2. The van der Waals surface area contributed by atoms with Crippen LogP contribution in [0.1, 0.15) is 0 Å². The van der Waals surface area contributed by atoms with Crippen molar-refractivity contribution in [1.82, 2.24) is 15.0 Å². The number of aliphatic hydroxyl groups is 1. The molecule has 0 aliphatic heterocycles. The van der Waals surface area contributed by atoms with Crippen LogP contribution in [0.2, 0.25) is 0 Å². The summed E-state index contributed by atoms with van der Waals surface area (Å²) in [6, 6.07) is 4.63. The van der Waals surface area contributed by atoms with E-state index in [2.05, 4.69) is 20.3 Å². The zero-order valence-corrected chi connectivity index (χ0v) is 14.0. The van der Waals surface area contributed by atoms with Crippen molar-refractivity contribution in [3.8, 4) is 11.5 Å². The SMILES string of the molecule is CSc1ncc2cc(Oc3ccc(F)cc3F)c(NCCO)nc2n1. The lowest BCUT2D eigenvalue weighted by atomic mass is 10.3. The summed E-state index contributed by atoms with van der Waals surface area (Å²) in [7, 11) is 0. The molecule has 0 radical (unpaired) electrons. The van der Waals surface area contributed by atoms with Crippen molar-refractivity contribution in [3.05, 3.63) is 42.1 Å². The molecule has 9 heteroatoms. The summed E-state index contributed by atoms with van der Waals surface area (Å²) in [5.41, 5.74) is 0.437. The zero-order chi connectivity index (χ0) is 17.8. The fourth-order valence-corrected chi connectivity index (χ4v) is 2.42. The van der Waals surface area contributed by atoms with Gasteiger partial charge in [-0.05, 0) is 24.5 Å². The number of hydrogen-bond acceptors (Lipinski definition) is 7. The van der Waals surface area contributed by atoms with Gasteiger partial charge in [-0.3, -0.25) is 0 Å². The monoisotopic (exact) mass is 364 g/mol. The van der Waals surface area contributed by atoms with Crippen LogP contribution in [0, 0.1) is 11.6 Å². The van der Waals surface area contributed by atoms with E-state index in [-0.39, 0.29) is 30.5 Å². The summed E-state index contributed by atoms with van der Waals surface area (Å²) in [4.78, 5) is 12.8. The Morgan fingerprint density at radius 1 is 1.20 bits per heavy atom. The molecule has 0 saturated heterocycles. The molecule has 2 N–H and O–H groups in total. The third-order valence-corrected chi connectivity index (χ3v) is 3.77. The highest BCUT2D eigenvalue weighted by molar-refractivity contribution is 7.98. The summed E-state index contributed by atoms with van der Waals surface area (Å²) in [6.45, 7) is 0.102. The second-order valence-electron chi connectivity index (χ2n) is 4.93. The Bertz CT molecular complexity index is 911. The van der Waals surface area contributed by atoms with Gasteiger partial charge in [0.2, 0.25) is 0 Å². The second-order valence-corrected chi connectivity index (χ2v) is 5.71. The molecule has 2 aromatic heterocycles. The van der Waals surface area contributed by atoms with E-state index in [9.17, 15) is 8.78 Å². The van der Waals surface area contributed by atoms with Crippen LogP contribution in [0.15, 0.2) is 35.6 Å². The van der Waals surface area contributed by atoms with Gasteiger partial charge in [0.25, 0.3) is 0 Å². The van der Waals surface area contributed by atoms with Crippen LogP contribution in [0.4, 0.5) is 14.6 Å². The maximum absolute atomic E-state index is 13.9. The van der Waals surface area contributed by atoms with Crippen molar-refractivity contribution in [2.45, 2.75) is 5.16 Å². The molecular formula is C16H14F2N4O2S.